The third-order valence-electron chi connectivity index (χ3n) is 7.38. The summed E-state index contributed by atoms with van der Waals surface area (Å²) in [6, 6.07) is 3.94. The Bertz CT molecular complexity index is 834. The lowest BCUT2D eigenvalue weighted by Crippen LogP contribution is -2.68. The van der Waals surface area contributed by atoms with E-state index in [-0.39, 0.29) is 36.3 Å². The number of amides is 2. The smallest absolute Gasteiger partial charge is 0.290 e. The zero-order valence-electron chi connectivity index (χ0n) is 19.4. The van der Waals surface area contributed by atoms with E-state index in [2.05, 4.69) is 11.0 Å². The number of nitrogens with zero attached hydrogens (tertiary/aromatic N) is 3. The van der Waals surface area contributed by atoms with Gasteiger partial charge >= 0.3 is 0 Å². The number of ether oxygens (including phenoxy) is 1. The minimum Gasteiger partial charge on any atom is -0.483 e. The van der Waals surface area contributed by atoms with Crippen molar-refractivity contribution in [3.8, 4) is 0 Å². The van der Waals surface area contributed by atoms with Gasteiger partial charge in [0, 0.05) is 51.2 Å². The van der Waals surface area contributed by atoms with Gasteiger partial charge in [-0.05, 0) is 50.7 Å². The summed E-state index contributed by atoms with van der Waals surface area (Å²) < 4.78 is 11.4. The molecule has 9 nitrogen and oxygen atoms in total. The van der Waals surface area contributed by atoms with Crippen molar-refractivity contribution in [2.24, 2.45) is 11.8 Å². The molecule has 1 aromatic heterocycles. The number of hydrogen-bond acceptors (Lipinski definition) is 6. The third kappa shape index (κ3) is 5.24. The highest BCUT2D eigenvalue weighted by molar-refractivity contribution is 5.89. The maximum Gasteiger partial charge on any atom is 0.290 e. The molecule has 33 heavy (non-hydrogen) atoms. The number of rotatable bonds is 3. The fraction of sp³-hybridized carbons (Fsp3) is 0.708. The summed E-state index contributed by atoms with van der Waals surface area (Å²) in [7, 11) is 0. The minimum atomic E-state index is -0.321. The van der Waals surface area contributed by atoms with E-state index in [1.165, 1.54) is 0 Å². The van der Waals surface area contributed by atoms with Crippen molar-refractivity contribution >= 4 is 18.3 Å². The third-order valence-corrected chi connectivity index (χ3v) is 7.38. The number of carboxylic acid groups (broad SMARTS) is 1. The summed E-state index contributed by atoms with van der Waals surface area (Å²) >= 11 is 0. The number of hydrogen-bond donors (Lipinski definition) is 1. The van der Waals surface area contributed by atoms with Crippen LogP contribution in [0.4, 0.5) is 0 Å². The molecule has 2 amide bonds. The fourth-order valence-corrected chi connectivity index (χ4v) is 6.14. The van der Waals surface area contributed by atoms with E-state index in [0.29, 0.717) is 32.1 Å². The van der Waals surface area contributed by atoms with Crippen molar-refractivity contribution in [2.75, 3.05) is 39.4 Å². The molecule has 4 saturated heterocycles. The maximum absolute atomic E-state index is 13.7. The Morgan fingerprint density at radius 2 is 1.97 bits per heavy atom. The molecule has 4 fully saturated rings. The minimum absolute atomic E-state index is 0.139. The van der Waals surface area contributed by atoms with E-state index in [1.807, 2.05) is 22.8 Å². The molecule has 4 atom stereocenters. The monoisotopic (exact) mass is 461 g/mol. The van der Waals surface area contributed by atoms with E-state index in [1.54, 1.807) is 0 Å². The van der Waals surface area contributed by atoms with E-state index >= 15 is 0 Å². The number of fused-ring (bicyclic) bond motifs is 4. The van der Waals surface area contributed by atoms with Crippen LogP contribution in [0.5, 0.6) is 0 Å². The van der Waals surface area contributed by atoms with Crippen LogP contribution in [0, 0.1) is 18.8 Å². The summed E-state index contributed by atoms with van der Waals surface area (Å²) in [5.74, 6) is 2.87. The lowest BCUT2D eigenvalue weighted by Gasteiger charge is -2.56. The van der Waals surface area contributed by atoms with Crippen molar-refractivity contribution in [1.82, 2.24) is 14.7 Å². The molecule has 1 N–H and O–H groups in total. The highest BCUT2D eigenvalue weighted by atomic mass is 16.5. The SMILES string of the molecule is Cc1ccc(CN2C[C@H]3C[C@@H](C2)[C@H](C(=O)N2CCCOCC2)N2C(=O)CCC[C@@H]32)o1.O=CO. The highest BCUT2D eigenvalue weighted by Gasteiger charge is 2.52. The van der Waals surface area contributed by atoms with Gasteiger partial charge in [0.05, 0.1) is 13.2 Å². The Kier molecular flexibility index (Phi) is 7.70. The number of piperidine rings is 3. The largest absolute Gasteiger partial charge is 0.483 e. The summed E-state index contributed by atoms with van der Waals surface area (Å²) in [5, 5.41) is 6.89. The van der Waals surface area contributed by atoms with Crippen molar-refractivity contribution < 1.29 is 28.6 Å². The van der Waals surface area contributed by atoms with Gasteiger partial charge < -0.3 is 24.1 Å². The first kappa shape index (κ1) is 23.8. The van der Waals surface area contributed by atoms with Crippen molar-refractivity contribution in [3.63, 3.8) is 0 Å². The zero-order chi connectivity index (χ0) is 23.4. The van der Waals surface area contributed by atoms with Crippen LogP contribution in [-0.2, 0) is 25.7 Å². The summed E-state index contributed by atoms with van der Waals surface area (Å²) in [6.45, 7) is 6.98. The van der Waals surface area contributed by atoms with E-state index < -0.39 is 0 Å². The van der Waals surface area contributed by atoms with Gasteiger partial charge in [0.25, 0.3) is 6.47 Å². The van der Waals surface area contributed by atoms with Gasteiger partial charge in [-0.3, -0.25) is 19.3 Å². The molecular weight excluding hydrogens is 426 g/mol. The first-order valence-electron chi connectivity index (χ1n) is 12.0. The van der Waals surface area contributed by atoms with Gasteiger partial charge in [0.2, 0.25) is 11.8 Å². The highest BCUT2D eigenvalue weighted by Crippen LogP contribution is 2.42. The van der Waals surface area contributed by atoms with Crippen molar-refractivity contribution in [2.45, 2.75) is 57.7 Å². The molecule has 4 aliphatic rings. The predicted octanol–water partition coefficient (Wildman–Crippen LogP) is 1.74. The molecule has 5 heterocycles. The summed E-state index contributed by atoms with van der Waals surface area (Å²) in [5.41, 5.74) is 0. The maximum atomic E-state index is 13.7. The van der Waals surface area contributed by atoms with Gasteiger partial charge in [0.15, 0.2) is 0 Å². The van der Waals surface area contributed by atoms with Crippen LogP contribution in [0.3, 0.4) is 0 Å². The molecule has 1 aromatic rings. The molecule has 2 bridgehead atoms. The van der Waals surface area contributed by atoms with Crippen molar-refractivity contribution in [1.29, 1.82) is 0 Å². The van der Waals surface area contributed by atoms with Gasteiger partial charge in [0.1, 0.15) is 17.6 Å². The number of likely N-dealkylation sites (tertiary alicyclic amines) is 1. The van der Waals surface area contributed by atoms with Crippen LogP contribution >= 0.6 is 0 Å². The van der Waals surface area contributed by atoms with Gasteiger partial charge in [-0.15, -0.1) is 0 Å². The zero-order valence-corrected chi connectivity index (χ0v) is 19.4. The van der Waals surface area contributed by atoms with Crippen LogP contribution in [0.1, 0.15) is 43.6 Å². The topological polar surface area (TPSA) is 104 Å². The quantitative estimate of drug-likeness (QED) is 0.684. The molecule has 0 aliphatic carbocycles. The average molecular weight is 462 g/mol. The van der Waals surface area contributed by atoms with E-state index in [0.717, 1.165) is 63.4 Å². The molecule has 0 aromatic carbocycles. The second-order valence-corrected chi connectivity index (χ2v) is 9.56. The molecule has 4 aliphatic heterocycles. The van der Waals surface area contributed by atoms with Gasteiger partial charge in [-0.25, -0.2) is 0 Å². The normalized spacial score (nSPS) is 30.0. The number of furan rings is 1. The average Bonchev–Trinajstić information content (AvgIpc) is 3.02. The van der Waals surface area contributed by atoms with Crippen LogP contribution in [0.15, 0.2) is 16.5 Å². The summed E-state index contributed by atoms with van der Waals surface area (Å²) in [4.78, 5) is 41.5. The van der Waals surface area contributed by atoms with Gasteiger partial charge in [-0.2, -0.15) is 0 Å². The molecule has 5 rings (SSSR count). The molecule has 182 valence electrons. The lowest BCUT2D eigenvalue weighted by molar-refractivity contribution is -0.165. The molecule has 0 spiro atoms. The first-order valence-corrected chi connectivity index (χ1v) is 12.0. The second-order valence-electron chi connectivity index (χ2n) is 9.56. The number of aryl methyl sites for hydroxylation is 1. The Balaban J connectivity index is 0.000000821. The van der Waals surface area contributed by atoms with Gasteiger partial charge in [-0.1, -0.05) is 0 Å². The Hall–Kier alpha value is -2.39. The van der Waals surface area contributed by atoms with Crippen molar-refractivity contribution in [3.05, 3.63) is 23.7 Å². The molecular formula is C24H35N3O6. The Morgan fingerprint density at radius 3 is 2.73 bits per heavy atom. The Labute approximate surface area is 194 Å². The second kappa shape index (κ2) is 10.7. The first-order chi connectivity index (χ1) is 16.0. The predicted molar refractivity (Wildman–Crippen MR) is 119 cm³/mol. The summed E-state index contributed by atoms with van der Waals surface area (Å²) in [6.07, 6.45) is 4.45. The molecule has 0 unspecified atom stereocenters. The van der Waals surface area contributed by atoms with Crippen LogP contribution < -0.4 is 0 Å². The van der Waals surface area contributed by atoms with Crippen LogP contribution in [-0.4, -0.2) is 89.6 Å². The van der Waals surface area contributed by atoms with E-state index in [9.17, 15) is 9.59 Å². The molecule has 9 heteroatoms. The van der Waals surface area contributed by atoms with Crippen LogP contribution in [0.25, 0.3) is 0 Å². The van der Waals surface area contributed by atoms with Crippen LogP contribution in [0.2, 0.25) is 0 Å². The van der Waals surface area contributed by atoms with E-state index in [4.69, 9.17) is 19.1 Å². The molecule has 0 radical (unpaired) electrons. The fourth-order valence-electron chi connectivity index (χ4n) is 6.14. The lowest BCUT2D eigenvalue weighted by atomic mass is 9.71. The Morgan fingerprint density at radius 1 is 1.18 bits per heavy atom. The molecule has 0 saturated carbocycles. The number of carbonyl (C=O) groups is 3. The standard InChI is InChI=1S/C23H33N3O4.CH2O2/c1-16-6-7-19(30-16)15-24-13-17-12-18(14-24)22(26-20(17)4-2-5-21(26)27)23(28)25-8-3-10-29-11-9-25;2-1-3/h6-7,17-18,20,22H,2-5,8-15H2,1H3;1H,(H,2,3)/t17-,18+,20+,22-;/m1./s1. The number of carbonyl (C=O) groups excluding carboxylic acids is 2.